The topological polar surface area (TPSA) is 37.8 Å². The van der Waals surface area contributed by atoms with Crippen LogP contribution in [0.5, 0.6) is 0 Å². The number of aromatic nitrogens is 2. The van der Waals surface area contributed by atoms with Gasteiger partial charge < -0.3 is 5.32 Å². The van der Waals surface area contributed by atoms with E-state index in [-0.39, 0.29) is 0 Å². The maximum Gasteiger partial charge on any atom is 0.137 e. The van der Waals surface area contributed by atoms with E-state index >= 15 is 0 Å². The van der Waals surface area contributed by atoms with Crippen molar-refractivity contribution < 1.29 is 0 Å². The number of hydrogen-bond donors (Lipinski definition) is 1. The van der Waals surface area contributed by atoms with Gasteiger partial charge in [0.1, 0.15) is 16.8 Å². The molecule has 0 aliphatic carbocycles. The molecule has 0 bridgehead atoms. The molecule has 0 aromatic carbocycles. The Bertz CT molecular complexity index is 497. The molecule has 5 heteroatoms. The molecule has 0 radical (unpaired) electrons. The Kier molecular flexibility index (Phi) is 3.97. The highest BCUT2D eigenvalue weighted by atomic mass is 35.5. The zero-order valence-electron chi connectivity index (χ0n) is 9.83. The van der Waals surface area contributed by atoms with Crippen LogP contribution in [0.3, 0.4) is 0 Å². The highest BCUT2D eigenvalue weighted by Gasteiger charge is 2.08. The molecule has 0 spiro atoms. The standard InChI is InChI=1S/C12H14ClN3S/c1-3-10-15-11(13)8(2)12(16-10)14-7-9-5-4-6-17-9/h4-6H,3,7H2,1-2H3,(H,14,15,16). The summed E-state index contributed by atoms with van der Waals surface area (Å²) in [5, 5.41) is 5.90. The summed E-state index contributed by atoms with van der Waals surface area (Å²) in [5.41, 5.74) is 0.903. The molecule has 0 saturated carbocycles. The highest BCUT2D eigenvalue weighted by Crippen LogP contribution is 2.21. The Morgan fingerprint density at radius 2 is 2.24 bits per heavy atom. The van der Waals surface area contributed by atoms with Gasteiger partial charge >= 0.3 is 0 Å². The van der Waals surface area contributed by atoms with Gasteiger partial charge in [-0.2, -0.15) is 0 Å². The molecule has 0 amide bonds. The fourth-order valence-electron chi connectivity index (χ4n) is 1.45. The van der Waals surface area contributed by atoms with Crippen molar-refractivity contribution in [3.63, 3.8) is 0 Å². The molecular formula is C12H14ClN3S. The van der Waals surface area contributed by atoms with Crippen LogP contribution in [-0.2, 0) is 13.0 Å². The Hall–Kier alpha value is -1.13. The van der Waals surface area contributed by atoms with E-state index in [1.165, 1.54) is 4.88 Å². The molecule has 17 heavy (non-hydrogen) atoms. The molecule has 0 aliphatic heterocycles. The number of halogens is 1. The van der Waals surface area contributed by atoms with Crippen molar-refractivity contribution in [3.05, 3.63) is 38.9 Å². The van der Waals surface area contributed by atoms with Gasteiger partial charge in [-0.25, -0.2) is 9.97 Å². The fourth-order valence-corrected chi connectivity index (χ4v) is 2.28. The maximum absolute atomic E-state index is 6.07. The minimum atomic E-state index is 0.533. The predicted octanol–water partition coefficient (Wildman–Crippen LogP) is 3.67. The Balaban J connectivity index is 2.17. The average Bonchev–Trinajstić information content (AvgIpc) is 2.84. The summed E-state index contributed by atoms with van der Waals surface area (Å²) in [6, 6.07) is 4.13. The molecule has 1 N–H and O–H groups in total. The van der Waals surface area contributed by atoms with E-state index in [1.54, 1.807) is 11.3 Å². The lowest BCUT2D eigenvalue weighted by Crippen LogP contribution is -2.06. The molecule has 2 aromatic rings. The summed E-state index contributed by atoms with van der Waals surface area (Å²) in [4.78, 5) is 9.94. The minimum absolute atomic E-state index is 0.533. The van der Waals surface area contributed by atoms with Gasteiger partial charge in [-0.15, -0.1) is 11.3 Å². The number of rotatable bonds is 4. The third-order valence-corrected chi connectivity index (χ3v) is 3.70. The van der Waals surface area contributed by atoms with Crippen molar-refractivity contribution >= 4 is 28.8 Å². The van der Waals surface area contributed by atoms with Crippen molar-refractivity contribution in [1.82, 2.24) is 9.97 Å². The first-order chi connectivity index (χ1) is 8.20. The predicted molar refractivity (Wildman–Crippen MR) is 72.8 cm³/mol. The largest absolute Gasteiger partial charge is 0.365 e. The summed E-state index contributed by atoms with van der Waals surface area (Å²) in [7, 11) is 0. The highest BCUT2D eigenvalue weighted by molar-refractivity contribution is 7.09. The van der Waals surface area contributed by atoms with Crippen LogP contribution in [0.15, 0.2) is 17.5 Å². The lowest BCUT2D eigenvalue weighted by Gasteiger charge is -2.10. The summed E-state index contributed by atoms with van der Waals surface area (Å²) < 4.78 is 0. The van der Waals surface area contributed by atoms with E-state index in [0.717, 1.165) is 30.2 Å². The van der Waals surface area contributed by atoms with Crippen LogP contribution < -0.4 is 5.32 Å². The van der Waals surface area contributed by atoms with E-state index in [9.17, 15) is 0 Å². The third-order valence-electron chi connectivity index (χ3n) is 2.46. The lowest BCUT2D eigenvalue weighted by molar-refractivity contribution is 0.924. The van der Waals surface area contributed by atoms with Crippen LogP contribution in [0.4, 0.5) is 5.82 Å². The second-order valence-corrected chi connectivity index (χ2v) is 5.08. The van der Waals surface area contributed by atoms with Gasteiger partial charge in [-0.1, -0.05) is 24.6 Å². The first kappa shape index (κ1) is 12.3. The molecular weight excluding hydrogens is 254 g/mol. The second kappa shape index (κ2) is 5.47. The quantitative estimate of drug-likeness (QED) is 0.859. The van der Waals surface area contributed by atoms with Crippen LogP contribution >= 0.6 is 22.9 Å². The zero-order valence-corrected chi connectivity index (χ0v) is 11.4. The molecule has 2 rings (SSSR count). The fraction of sp³-hybridized carbons (Fsp3) is 0.333. The van der Waals surface area contributed by atoms with Gasteiger partial charge in [0.2, 0.25) is 0 Å². The Morgan fingerprint density at radius 1 is 1.41 bits per heavy atom. The zero-order chi connectivity index (χ0) is 12.3. The molecule has 2 heterocycles. The molecule has 2 aromatic heterocycles. The lowest BCUT2D eigenvalue weighted by atomic mass is 10.3. The number of thiophene rings is 1. The molecule has 90 valence electrons. The third kappa shape index (κ3) is 2.96. The summed E-state index contributed by atoms with van der Waals surface area (Å²) >= 11 is 7.79. The van der Waals surface area contributed by atoms with Gasteiger partial charge in [0.05, 0.1) is 6.54 Å². The number of aryl methyl sites for hydroxylation is 1. The van der Waals surface area contributed by atoms with Crippen molar-refractivity contribution in [3.8, 4) is 0 Å². The van der Waals surface area contributed by atoms with Gasteiger partial charge in [0.15, 0.2) is 0 Å². The monoisotopic (exact) mass is 267 g/mol. The van der Waals surface area contributed by atoms with E-state index in [4.69, 9.17) is 11.6 Å². The number of hydrogen-bond acceptors (Lipinski definition) is 4. The second-order valence-electron chi connectivity index (χ2n) is 3.69. The summed E-state index contributed by atoms with van der Waals surface area (Å²) in [6.07, 6.45) is 0.785. The van der Waals surface area contributed by atoms with Crippen LogP contribution in [0.25, 0.3) is 0 Å². The SMILES string of the molecule is CCc1nc(Cl)c(C)c(NCc2cccs2)n1. The molecule has 0 atom stereocenters. The van der Waals surface area contributed by atoms with E-state index in [2.05, 4.69) is 26.7 Å². The van der Waals surface area contributed by atoms with E-state index < -0.39 is 0 Å². The van der Waals surface area contributed by atoms with Crippen LogP contribution in [0, 0.1) is 6.92 Å². The van der Waals surface area contributed by atoms with Crippen LogP contribution in [0.2, 0.25) is 5.15 Å². The van der Waals surface area contributed by atoms with Crippen molar-refractivity contribution in [1.29, 1.82) is 0 Å². The van der Waals surface area contributed by atoms with Crippen molar-refractivity contribution in [2.75, 3.05) is 5.32 Å². The molecule has 3 nitrogen and oxygen atoms in total. The van der Waals surface area contributed by atoms with Gasteiger partial charge in [0.25, 0.3) is 0 Å². The van der Waals surface area contributed by atoms with Gasteiger partial charge in [-0.05, 0) is 18.4 Å². The minimum Gasteiger partial charge on any atom is -0.365 e. The van der Waals surface area contributed by atoms with Gasteiger partial charge in [-0.3, -0.25) is 0 Å². The number of nitrogens with zero attached hydrogens (tertiary/aromatic N) is 2. The van der Waals surface area contributed by atoms with Gasteiger partial charge in [0, 0.05) is 16.9 Å². The first-order valence-corrected chi connectivity index (χ1v) is 6.75. The Morgan fingerprint density at radius 3 is 2.88 bits per heavy atom. The van der Waals surface area contributed by atoms with E-state index in [1.807, 2.05) is 19.9 Å². The smallest absolute Gasteiger partial charge is 0.137 e. The summed E-state index contributed by atoms with van der Waals surface area (Å²) in [5.74, 6) is 1.60. The average molecular weight is 268 g/mol. The maximum atomic E-state index is 6.07. The van der Waals surface area contributed by atoms with Crippen LogP contribution in [0.1, 0.15) is 23.2 Å². The number of nitrogens with one attached hydrogen (secondary N) is 1. The van der Waals surface area contributed by atoms with Crippen LogP contribution in [-0.4, -0.2) is 9.97 Å². The molecule has 0 saturated heterocycles. The Labute approximate surface area is 110 Å². The first-order valence-electron chi connectivity index (χ1n) is 5.50. The van der Waals surface area contributed by atoms with Crippen molar-refractivity contribution in [2.45, 2.75) is 26.8 Å². The molecule has 0 aliphatic rings. The van der Waals surface area contributed by atoms with E-state index in [0.29, 0.717) is 5.15 Å². The molecule has 0 fully saturated rings. The number of anilines is 1. The molecule has 0 unspecified atom stereocenters. The van der Waals surface area contributed by atoms with Crippen molar-refractivity contribution in [2.24, 2.45) is 0 Å². The normalized spacial score (nSPS) is 10.5. The summed E-state index contributed by atoms with van der Waals surface area (Å²) in [6.45, 7) is 4.72.